The Morgan fingerprint density at radius 1 is 1.40 bits per heavy atom. The first kappa shape index (κ1) is 14.8. The van der Waals surface area contributed by atoms with E-state index in [4.69, 9.17) is 9.84 Å². The molecular formula is C14H19NO4S. The zero-order valence-corrected chi connectivity index (χ0v) is 12.3. The predicted molar refractivity (Wildman–Crippen MR) is 76.4 cm³/mol. The van der Waals surface area contributed by atoms with Gasteiger partial charge in [0.1, 0.15) is 10.6 Å². The van der Waals surface area contributed by atoms with Gasteiger partial charge < -0.3 is 14.7 Å². The number of rotatable bonds is 5. The number of ether oxygens (including phenoxy) is 1. The first-order valence-corrected chi connectivity index (χ1v) is 7.66. The van der Waals surface area contributed by atoms with Crippen molar-refractivity contribution in [2.24, 2.45) is 0 Å². The lowest BCUT2D eigenvalue weighted by Gasteiger charge is -2.31. The maximum atomic E-state index is 12.0. The van der Waals surface area contributed by atoms with Crippen LogP contribution in [0, 0.1) is 0 Å². The summed E-state index contributed by atoms with van der Waals surface area (Å²) in [6.45, 7) is -0.0389. The zero-order chi connectivity index (χ0) is 14.5. The molecule has 1 aromatic rings. The van der Waals surface area contributed by atoms with E-state index in [9.17, 15) is 9.59 Å². The van der Waals surface area contributed by atoms with Gasteiger partial charge >= 0.3 is 5.97 Å². The number of carboxylic acids is 1. The summed E-state index contributed by atoms with van der Waals surface area (Å²) in [6.07, 6.45) is 5.72. The quantitative estimate of drug-likeness (QED) is 0.907. The van der Waals surface area contributed by atoms with Gasteiger partial charge in [-0.25, -0.2) is 4.79 Å². The molecule has 0 bridgehead atoms. The average Bonchev–Trinajstić information content (AvgIpc) is 2.94. The summed E-state index contributed by atoms with van der Waals surface area (Å²) >= 11 is 1.10. The van der Waals surface area contributed by atoms with Crippen molar-refractivity contribution in [3.8, 4) is 5.75 Å². The van der Waals surface area contributed by atoms with Crippen LogP contribution in [0.25, 0.3) is 0 Å². The Morgan fingerprint density at radius 3 is 2.70 bits per heavy atom. The fourth-order valence-electron chi connectivity index (χ4n) is 2.43. The van der Waals surface area contributed by atoms with Gasteiger partial charge in [-0.2, -0.15) is 0 Å². The van der Waals surface area contributed by atoms with E-state index in [-0.39, 0.29) is 17.4 Å². The lowest BCUT2D eigenvalue weighted by atomic mass is 9.94. The maximum Gasteiger partial charge on any atom is 0.346 e. The van der Waals surface area contributed by atoms with Gasteiger partial charge in [-0.3, -0.25) is 4.79 Å². The molecule has 6 heteroatoms. The van der Waals surface area contributed by atoms with Crippen LogP contribution in [-0.2, 0) is 4.79 Å². The highest BCUT2D eigenvalue weighted by atomic mass is 32.1. The van der Waals surface area contributed by atoms with Gasteiger partial charge in [0, 0.05) is 24.5 Å². The number of carbonyl (C=O) groups excluding carboxylic acids is 1. The highest BCUT2D eigenvalue weighted by Crippen LogP contribution is 2.23. The van der Waals surface area contributed by atoms with Crippen LogP contribution < -0.4 is 4.74 Å². The summed E-state index contributed by atoms with van der Waals surface area (Å²) in [5, 5.41) is 10.4. The number of hydrogen-bond donors (Lipinski definition) is 1. The molecule has 1 aromatic heterocycles. The summed E-state index contributed by atoms with van der Waals surface area (Å²) in [4.78, 5) is 24.8. The van der Waals surface area contributed by atoms with E-state index in [0.717, 1.165) is 24.2 Å². The van der Waals surface area contributed by atoms with Crippen molar-refractivity contribution in [2.45, 2.75) is 38.1 Å². The molecule has 0 spiro atoms. The van der Waals surface area contributed by atoms with Gasteiger partial charge in [0.2, 0.25) is 0 Å². The first-order valence-electron chi connectivity index (χ1n) is 6.78. The largest absolute Gasteiger partial charge is 0.483 e. The number of thiophene rings is 1. The molecule has 0 aliphatic heterocycles. The highest BCUT2D eigenvalue weighted by molar-refractivity contribution is 7.12. The topological polar surface area (TPSA) is 66.8 Å². The van der Waals surface area contributed by atoms with E-state index in [2.05, 4.69) is 0 Å². The van der Waals surface area contributed by atoms with Crippen LogP contribution in [0.3, 0.4) is 0 Å². The normalized spacial score (nSPS) is 15.8. The SMILES string of the molecule is CN(C(=O)COc1csc(C(=O)O)c1)C1CCCCC1. The average molecular weight is 297 g/mol. The summed E-state index contributed by atoms with van der Waals surface area (Å²) in [5.74, 6) is -0.590. The molecule has 5 nitrogen and oxygen atoms in total. The molecule has 1 amide bonds. The molecule has 1 aliphatic rings. The number of amides is 1. The van der Waals surface area contributed by atoms with Crippen molar-refractivity contribution >= 4 is 23.2 Å². The van der Waals surface area contributed by atoms with E-state index in [0.29, 0.717) is 11.8 Å². The smallest absolute Gasteiger partial charge is 0.346 e. The summed E-state index contributed by atoms with van der Waals surface area (Å²) in [7, 11) is 1.82. The lowest BCUT2D eigenvalue weighted by Crippen LogP contribution is -2.40. The lowest BCUT2D eigenvalue weighted by molar-refractivity contribution is -0.134. The number of carboxylic acid groups (broad SMARTS) is 1. The molecule has 1 aliphatic carbocycles. The molecule has 2 rings (SSSR count). The van der Waals surface area contributed by atoms with Gasteiger partial charge in [-0.05, 0) is 12.8 Å². The fourth-order valence-corrected chi connectivity index (χ4v) is 3.09. The van der Waals surface area contributed by atoms with Crippen molar-refractivity contribution in [3.63, 3.8) is 0 Å². The molecular weight excluding hydrogens is 278 g/mol. The van der Waals surface area contributed by atoms with E-state index < -0.39 is 5.97 Å². The number of carbonyl (C=O) groups is 2. The monoisotopic (exact) mass is 297 g/mol. The van der Waals surface area contributed by atoms with Crippen LogP contribution in [0.5, 0.6) is 5.75 Å². The fraction of sp³-hybridized carbons (Fsp3) is 0.571. The zero-order valence-electron chi connectivity index (χ0n) is 11.5. The number of aromatic carboxylic acids is 1. The summed E-state index contributed by atoms with van der Waals surface area (Å²) in [5.41, 5.74) is 0. The van der Waals surface area contributed by atoms with E-state index in [1.807, 2.05) is 7.05 Å². The Morgan fingerprint density at radius 2 is 2.10 bits per heavy atom. The first-order chi connectivity index (χ1) is 9.58. The van der Waals surface area contributed by atoms with Crippen LogP contribution in [0.2, 0.25) is 0 Å². The third-order valence-electron chi connectivity index (χ3n) is 3.66. The Kier molecular flexibility index (Phi) is 5.00. The van der Waals surface area contributed by atoms with E-state index >= 15 is 0 Å². The maximum absolute atomic E-state index is 12.0. The molecule has 0 unspecified atom stereocenters. The van der Waals surface area contributed by atoms with Crippen LogP contribution in [0.1, 0.15) is 41.8 Å². The third-order valence-corrected chi connectivity index (χ3v) is 4.56. The standard InChI is InChI=1S/C14H19NO4S/c1-15(10-5-3-2-4-6-10)13(16)8-19-11-7-12(14(17)18)20-9-11/h7,9-10H,2-6,8H2,1H3,(H,17,18). The van der Waals surface area contributed by atoms with Gasteiger partial charge in [0.25, 0.3) is 5.91 Å². The number of likely N-dealkylation sites (N-methyl/N-ethyl adjacent to an activating group) is 1. The molecule has 1 saturated carbocycles. The number of hydrogen-bond acceptors (Lipinski definition) is 4. The van der Waals surface area contributed by atoms with Gasteiger partial charge in [-0.15, -0.1) is 11.3 Å². The van der Waals surface area contributed by atoms with Crippen molar-refractivity contribution in [1.82, 2.24) is 4.90 Å². The number of nitrogens with zero attached hydrogens (tertiary/aromatic N) is 1. The summed E-state index contributed by atoms with van der Waals surface area (Å²) in [6, 6.07) is 1.76. The molecule has 1 heterocycles. The molecule has 0 atom stereocenters. The second kappa shape index (κ2) is 6.74. The molecule has 0 aromatic carbocycles. The highest BCUT2D eigenvalue weighted by Gasteiger charge is 2.22. The second-order valence-corrected chi connectivity index (χ2v) is 5.95. The minimum atomic E-state index is -0.976. The van der Waals surface area contributed by atoms with Gasteiger partial charge in [0.05, 0.1) is 0 Å². The van der Waals surface area contributed by atoms with E-state index in [1.54, 1.807) is 10.3 Å². The van der Waals surface area contributed by atoms with Crippen LogP contribution >= 0.6 is 11.3 Å². The minimum absolute atomic E-state index is 0.0389. The Balaban J connectivity index is 1.82. The Bertz CT molecular complexity index is 479. The molecule has 110 valence electrons. The Labute approximate surface area is 122 Å². The van der Waals surface area contributed by atoms with E-state index in [1.165, 1.54) is 25.3 Å². The van der Waals surface area contributed by atoms with Crippen molar-refractivity contribution in [3.05, 3.63) is 16.3 Å². The van der Waals surface area contributed by atoms with Crippen molar-refractivity contribution in [1.29, 1.82) is 0 Å². The van der Waals surface area contributed by atoms with Crippen LogP contribution in [0.15, 0.2) is 11.4 Å². The minimum Gasteiger partial charge on any atom is -0.483 e. The summed E-state index contributed by atoms with van der Waals surface area (Å²) < 4.78 is 5.37. The van der Waals surface area contributed by atoms with Gasteiger partial charge in [-0.1, -0.05) is 19.3 Å². The second-order valence-electron chi connectivity index (χ2n) is 5.04. The predicted octanol–water partition coefficient (Wildman–Crippen LogP) is 2.62. The van der Waals surface area contributed by atoms with Gasteiger partial charge in [0.15, 0.2) is 6.61 Å². The van der Waals surface area contributed by atoms with Crippen LogP contribution in [-0.4, -0.2) is 41.6 Å². The molecule has 1 N–H and O–H groups in total. The van der Waals surface area contributed by atoms with Crippen LogP contribution in [0.4, 0.5) is 0 Å². The third kappa shape index (κ3) is 3.72. The molecule has 0 radical (unpaired) electrons. The molecule has 1 fully saturated rings. The Hall–Kier alpha value is -1.56. The van der Waals surface area contributed by atoms with Crippen molar-refractivity contribution < 1.29 is 19.4 Å². The molecule has 0 saturated heterocycles. The van der Waals surface area contributed by atoms with Crippen molar-refractivity contribution in [2.75, 3.05) is 13.7 Å². The molecule has 20 heavy (non-hydrogen) atoms.